The molecule has 4 rings (SSSR count). The fraction of sp³-hybridized carbons (Fsp3) is 0.417. The summed E-state index contributed by atoms with van der Waals surface area (Å²) in [6.45, 7) is 5.97. The fourth-order valence-electron chi connectivity index (χ4n) is 4.32. The first kappa shape index (κ1) is 24.3. The van der Waals surface area contributed by atoms with Crippen LogP contribution >= 0.6 is 0 Å². The van der Waals surface area contributed by atoms with Crippen molar-refractivity contribution in [1.29, 1.82) is 0 Å². The van der Waals surface area contributed by atoms with Gasteiger partial charge in [0.05, 0.1) is 33.4 Å². The van der Waals surface area contributed by atoms with Crippen LogP contribution in [0.3, 0.4) is 0 Å². The van der Waals surface area contributed by atoms with E-state index in [1.807, 2.05) is 37.8 Å². The van der Waals surface area contributed by atoms with Gasteiger partial charge in [-0.1, -0.05) is 6.07 Å². The Hall–Kier alpha value is -2.88. The molecule has 34 heavy (non-hydrogen) atoms. The highest BCUT2D eigenvalue weighted by Gasteiger charge is 2.35. The third-order valence-electron chi connectivity index (χ3n) is 6.07. The van der Waals surface area contributed by atoms with E-state index in [4.69, 9.17) is 9.97 Å². The van der Waals surface area contributed by atoms with Crippen LogP contribution in [0.1, 0.15) is 42.6 Å². The zero-order chi connectivity index (χ0) is 24.8. The molecule has 0 radical (unpaired) electrons. The Morgan fingerprint density at radius 2 is 1.76 bits per heavy atom. The van der Waals surface area contributed by atoms with Crippen molar-refractivity contribution >= 4 is 32.4 Å². The molecule has 10 heteroatoms. The van der Waals surface area contributed by atoms with Crippen molar-refractivity contribution in [2.24, 2.45) is 0 Å². The number of hydrogen-bond acceptors (Lipinski definition) is 6. The monoisotopic (exact) mass is 492 g/mol. The molecule has 0 saturated carbocycles. The standard InChI is InChI=1S/C24H27F3N4O2S/c1-14-11-18(15(2)28-19-6-5-17(25)13-21(19)34(4,32)33)22-20(12-14)29-16(3)23(30-22)31-9-7-24(26,27)8-10-31/h5-6,11-13,15,28H,7-10H2,1-4H3/t15-/m1/s1. The highest BCUT2D eigenvalue weighted by Crippen LogP contribution is 2.34. The van der Waals surface area contributed by atoms with Crippen LogP contribution in [0.15, 0.2) is 35.2 Å². The number of piperidine rings is 1. The Morgan fingerprint density at radius 3 is 2.41 bits per heavy atom. The van der Waals surface area contributed by atoms with Crippen LogP contribution < -0.4 is 10.2 Å². The smallest absolute Gasteiger partial charge is 0.251 e. The molecule has 2 aromatic carbocycles. The maximum absolute atomic E-state index is 13.7. The van der Waals surface area contributed by atoms with E-state index in [1.54, 1.807) is 0 Å². The molecule has 1 atom stereocenters. The summed E-state index contributed by atoms with van der Waals surface area (Å²) in [6, 6.07) is 7.03. The quantitative estimate of drug-likeness (QED) is 0.528. The highest BCUT2D eigenvalue weighted by molar-refractivity contribution is 7.90. The van der Waals surface area contributed by atoms with Crippen LogP contribution in [0.2, 0.25) is 0 Å². The number of nitrogens with one attached hydrogen (secondary N) is 1. The minimum Gasteiger partial charge on any atom is -0.377 e. The van der Waals surface area contributed by atoms with Gasteiger partial charge in [0.15, 0.2) is 15.7 Å². The van der Waals surface area contributed by atoms with Crippen molar-refractivity contribution < 1.29 is 21.6 Å². The molecule has 0 aliphatic carbocycles. The predicted octanol–water partition coefficient (Wildman–Crippen LogP) is 5.20. The Labute approximate surface area is 197 Å². The molecular weight excluding hydrogens is 465 g/mol. The fourth-order valence-corrected chi connectivity index (χ4v) is 5.17. The maximum atomic E-state index is 13.7. The molecule has 1 aliphatic heterocycles. The zero-order valence-electron chi connectivity index (χ0n) is 19.5. The SMILES string of the molecule is Cc1cc([C@@H](C)Nc2ccc(F)cc2S(C)(=O)=O)c2nc(N3CCC(F)(F)CC3)c(C)nc2c1. The molecule has 0 bridgehead atoms. The van der Waals surface area contributed by atoms with Gasteiger partial charge in [-0.05, 0) is 50.6 Å². The second-order valence-corrected chi connectivity index (χ2v) is 11.0. The minimum atomic E-state index is -3.67. The summed E-state index contributed by atoms with van der Waals surface area (Å²) < 4.78 is 65.5. The van der Waals surface area contributed by atoms with E-state index in [-0.39, 0.29) is 36.5 Å². The molecule has 1 fully saturated rings. The largest absolute Gasteiger partial charge is 0.377 e. The molecule has 1 aromatic heterocycles. The second-order valence-electron chi connectivity index (χ2n) is 8.98. The van der Waals surface area contributed by atoms with Crippen LogP contribution in [-0.4, -0.2) is 43.7 Å². The summed E-state index contributed by atoms with van der Waals surface area (Å²) in [7, 11) is -3.67. The van der Waals surface area contributed by atoms with Gasteiger partial charge in [-0.15, -0.1) is 0 Å². The number of fused-ring (bicyclic) bond motifs is 1. The lowest BCUT2D eigenvalue weighted by atomic mass is 10.0. The van der Waals surface area contributed by atoms with E-state index in [9.17, 15) is 21.6 Å². The van der Waals surface area contributed by atoms with Gasteiger partial charge in [0.1, 0.15) is 5.82 Å². The average Bonchev–Trinajstić information content (AvgIpc) is 2.73. The molecule has 0 amide bonds. The van der Waals surface area contributed by atoms with Crippen molar-refractivity contribution in [3.63, 3.8) is 0 Å². The number of hydrogen-bond donors (Lipinski definition) is 1. The van der Waals surface area contributed by atoms with Crippen molar-refractivity contribution in [2.75, 3.05) is 29.6 Å². The molecular formula is C24H27F3N4O2S. The first-order chi connectivity index (χ1) is 15.8. The van der Waals surface area contributed by atoms with Crippen LogP contribution in [0.4, 0.5) is 24.7 Å². The number of rotatable bonds is 5. The molecule has 182 valence electrons. The van der Waals surface area contributed by atoms with E-state index in [0.717, 1.165) is 23.4 Å². The number of sulfone groups is 1. The van der Waals surface area contributed by atoms with Gasteiger partial charge in [0.2, 0.25) is 0 Å². The second kappa shape index (κ2) is 8.72. The van der Waals surface area contributed by atoms with Crippen LogP contribution in [0, 0.1) is 19.7 Å². The number of alkyl halides is 2. The molecule has 1 N–H and O–H groups in total. The van der Waals surface area contributed by atoms with Crippen LogP contribution in [0.5, 0.6) is 0 Å². The lowest BCUT2D eigenvalue weighted by Gasteiger charge is -2.33. The van der Waals surface area contributed by atoms with Gasteiger partial charge in [0, 0.05) is 37.8 Å². The number of halogens is 3. The Balaban J connectivity index is 1.76. The molecule has 0 unspecified atom stereocenters. The number of anilines is 2. The highest BCUT2D eigenvalue weighted by atomic mass is 32.2. The van der Waals surface area contributed by atoms with Crippen molar-refractivity contribution in [3.8, 4) is 0 Å². The van der Waals surface area contributed by atoms with Gasteiger partial charge >= 0.3 is 0 Å². The van der Waals surface area contributed by atoms with E-state index in [2.05, 4.69) is 5.32 Å². The third-order valence-corrected chi connectivity index (χ3v) is 7.21. The minimum absolute atomic E-state index is 0.131. The van der Waals surface area contributed by atoms with E-state index >= 15 is 0 Å². The predicted molar refractivity (Wildman–Crippen MR) is 127 cm³/mol. The van der Waals surface area contributed by atoms with Crippen molar-refractivity contribution in [3.05, 3.63) is 53.0 Å². The molecule has 6 nitrogen and oxygen atoms in total. The number of nitrogens with zero attached hydrogens (tertiary/aromatic N) is 3. The summed E-state index contributed by atoms with van der Waals surface area (Å²) in [5.74, 6) is -2.74. The Kier molecular flexibility index (Phi) is 6.22. The van der Waals surface area contributed by atoms with Gasteiger partial charge in [-0.3, -0.25) is 0 Å². The zero-order valence-corrected chi connectivity index (χ0v) is 20.3. The number of aromatic nitrogens is 2. The number of benzene rings is 2. The van der Waals surface area contributed by atoms with E-state index in [1.165, 1.54) is 12.1 Å². The molecule has 3 aromatic rings. The Morgan fingerprint density at radius 1 is 1.09 bits per heavy atom. The average molecular weight is 493 g/mol. The summed E-state index contributed by atoms with van der Waals surface area (Å²) in [5, 5.41) is 3.18. The molecule has 1 aliphatic rings. The van der Waals surface area contributed by atoms with E-state index in [0.29, 0.717) is 22.5 Å². The summed E-state index contributed by atoms with van der Waals surface area (Å²) in [4.78, 5) is 11.2. The first-order valence-corrected chi connectivity index (χ1v) is 12.9. The first-order valence-electron chi connectivity index (χ1n) is 11.0. The number of aryl methyl sites for hydroxylation is 2. The van der Waals surface area contributed by atoms with Crippen molar-refractivity contribution in [2.45, 2.75) is 50.5 Å². The summed E-state index contributed by atoms with van der Waals surface area (Å²) in [5.41, 5.74) is 3.92. The third kappa shape index (κ3) is 4.96. The Bertz CT molecular complexity index is 1350. The topological polar surface area (TPSA) is 75.2 Å². The normalized spacial score (nSPS) is 17.1. The lowest BCUT2D eigenvalue weighted by Crippen LogP contribution is -2.40. The van der Waals surface area contributed by atoms with Crippen molar-refractivity contribution in [1.82, 2.24) is 9.97 Å². The van der Waals surface area contributed by atoms with Gasteiger partial charge in [-0.25, -0.2) is 31.6 Å². The van der Waals surface area contributed by atoms with Crippen LogP contribution in [-0.2, 0) is 9.84 Å². The molecule has 2 heterocycles. The van der Waals surface area contributed by atoms with Gasteiger partial charge in [-0.2, -0.15) is 0 Å². The lowest BCUT2D eigenvalue weighted by molar-refractivity contribution is -0.0221. The maximum Gasteiger partial charge on any atom is 0.251 e. The molecule has 1 saturated heterocycles. The van der Waals surface area contributed by atoms with E-state index < -0.39 is 27.6 Å². The van der Waals surface area contributed by atoms with Gasteiger partial charge < -0.3 is 10.2 Å². The summed E-state index contributed by atoms with van der Waals surface area (Å²) >= 11 is 0. The molecule has 0 spiro atoms. The summed E-state index contributed by atoms with van der Waals surface area (Å²) in [6.07, 6.45) is 0.565. The van der Waals surface area contributed by atoms with Gasteiger partial charge in [0.25, 0.3) is 5.92 Å². The van der Waals surface area contributed by atoms with Crippen LogP contribution in [0.25, 0.3) is 11.0 Å².